The Morgan fingerprint density at radius 2 is 2.12 bits per heavy atom. The van der Waals surface area contributed by atoms with Crippen LogP contribution in [0, 0.1) is 0 Å². The van der Waals surface area contributed by atoms with Gasteiger partial charge in [-0.05, 0) is 18.1 Å². The van der Waals surface area contributed by atoms with Crippen molar-refractivity contribution in [3.8, 4) is 0 Å². The smallest absolute Gasteiger partial charge is 0.336 e. The molecule has 0 fully saturated rings. The fraction of sp³-hybridized carbons (Fsp3) is 0.308. The predicted octanol–water partition coefficient (Wildman–Crippen LogP) is 2.58. The van der Waals surface area contributed by atoms with Crippen molar-refractivity contribution >= 4 is 12.0 Å². The molecule has 0 unspecified atom stereocenters. The average Bonchev–Trinajstić information content (AvgIpc) is 2.30. The number of hydrogen-bond donors (Lipinski definition) is 1. The number of carboxylic acid groups (broad SMARTS) is 1. The molecule has 1 atom stereocenters. The van der Waals surface area contributed by atoms with E-state index in [0.717, 1.165) is 12.0 Å². The van der Waals surface area contributed by atoms with Gasteiger partial charge in [-0.25, -0.2) is 4.79 Å². The van der Waals surface area contributed by atoms with Crippen LogP contribution in [0.3, 0.4) is 0 Å². The highest BCUT2D eigenvalue weighted by Gasteiger charge is 2.12. The molecule has 1 rings (SSSR count). The van der Waals surface area contributed by atoms with E-state index in [1.165, 1.54) is 0 Å². The summed E-state index contributed by atoms with van der Waals surface area (Å²) in [6, 6.07) is 9.55. The molecule has 0 spiro atoms. The van der Waals surface area contributed by atoms with Gasteiger partial charge in [0.1, 0.15) is 0 Å². The van der Waals surface area contributed by atoms with Gasteiger partial charge in [-0.2, -0.15) is 0 Å². The fourth-order valence-electron chi connectivity index (χ4n) is 1.22. The maximum Gasteiger partial charge on any atom is 0.336 e. The molecule has 0 aliphatic carbocycles. The summed E-state index contributed by atoms with van der Waals surface area (Å²) in [5, 5.41) is 8.90. The third kappa shape index (κ3) is 4.28. The summed E-state index contributed by atoms with van der Waals surface area (Å²) in [5.41, 5.74) is 0.967. The Labute approximate surface area is 95.4 Å². The quantitative estimate of drug-likeness (QED) is 0.801. The monoisotopic (exact) mass is 220 g/mol. The second-order valence-corrected chi connectivity index (χ2v) is 3.40. The van der Waals surface area contributed by atoms with Crippen molar-refractivity contribution in [3.63, 3.8) is 0 Å². The van der Waals surface area contributed by atoms with Crippen molar-refractivity contribution in [2.45, 2.75) is 19.4 Å². The molecule has 0 aromatic heterocycles. The second kappa shape index (κ2) is 6.80. The van der Waals surface area contributed by atoms with E-state index >= 15 is 0 Å². The summed E-state index contributed by atoms with van der Waals surface area (Å²) in [5.74, 6) is -0.958. The van der Waals surface area contributed by atoms with Gasteiger partial charge in [-0.3, -0.25) is 0 Å². The molecule has 0 amide bonds. The number of carbonyl (C=O) groups is 1. The van der Waals surface area contributed by atoms with Crippen LogP contribution in [0.25, 0.3) is 6.08 Å². The molecule has 0 saturated carbocycles. The van der Waals surface area contributed by atoms with Crippen LogP contribution in [0.15, 0.2) is 36.4 Å². The van der Waals surface area contributed by atoms with E-state index in [-0.39, 0.29) is 0 Å². The fourth-order valence-corrected chi connectivity index (χ4v) is 1.22. The predicted molar refractivity (Wildman–Crippen MR) is 63.1 cm³/mol. The van der Waals surface area contributed by atoms with Crippen LogP contribution >= 0.6 is 0 Å². The number of ether oxygens (including phenoxy) is 1. The van der Waals surface area contributed by atoms with Crippen LogP contribution in [0.4, 0.5) is 0 Å². The van der Waals surface area contributed by atoms with E-state index in [1.54, 1.807) is 12.2 Å². The van der Waals surface area contributed by atoms with Gasteiger partial charge in [0.05, 0.1) is 0 Å². The molecule has 0 heterocycles. The van der Waals surface area contributed by atoms with Crippen molar-refractivity contribution in [2.24, 2.45) is 0 Å². The Balaban J connectivity index is 2.61. The zero-order valence-corrected chi connectivity index (χ0v) is 9.30. The zero-order valence-electron chi connectivity index (χ0n) is 9.30. The molecule has 86 valence electrons. The lowest BCUT2D eigenvalue weighted by atomic mass is 10.2. The minimum absolute atomic E-state index is 0.454. The molecular formula is C13H16O3. The Morgan fingerprint density at radius 1 is 1.44 bits per heavy atom. The number of rotatable bonds is 6. The molecule has 1 aromatic carbocycles. The van der Waals surface area contributed by atoms with Gasteiger partial charge >= 0.3 is 5.97 Å². The topological polar surface area (TPSA) is 46.5 Å². The van der Waals surface area contributed by atoms with E-state index in [1.807, 2.05) is 37.3 Å². The zero-order chi connectivity index (χ0) is 11.8. The van der Waals surface area contributed by atoms with E-state index in [4.69, 9.17) is 9.84 Å². The summed E-state index contributed by atoms with van der Waals surface area (Å²) in [4.78, 5) is 10.9. The Bertz CT molecular complexity index is 343. The van der Waals surface area contributed by atoms with Gasteiger partial charge in [0.15, 0.2) is 6.10 Å². The van der Waals surface area contributed by atoms with Crippen LogP contribution in [0.5, 0.6) is 0 Å². The molecule has 3 nitrogen and oxygen atoms in total. The van der Waals surface area contributed by atoms with Gasteiger partial charge in [0.25, 0.3) is 0 Å². The summed E-state index contributed by atoms with van der Waals surface area (Å²) >= 11 is 0. The first-order valence-electron chi connectivity index (χ1n) is 5.31. The number of hydrogen-bond acceptors (Lipinski definition) is 2. The Hall–Kier alpha value is -1.61. The Kier molecular flexibility index (Phi) is 5.29. The molecule has 0 aliphatic heterocycles. The summed E-state index contributed by atoms with van der Waals surface area (Å²) in [6.45, 7) is 2.40. The lowest BCUT2D eigenvalue weighted by Gasteiger charge is -2.07. The van der Waals surface area contributed by atoms with Gasteiger partial charge in [-0.15, -0.1) is 0 Å². The highest BCUT2D eigenvalue weighted by atomic mass is 16.5. The number of carboxylic acids is 1. The van der Waals surface area contributed by atoms with Crippen molar-refractivity contribution in [1.29, 1.82) is 0 Å². The van der Waals surface area contributed by atoms with Crippen molar-refractivity contribution in [2.75, 3.05) is 6.61 Å². The van der Waals surface area contributed by atoms with E-state index in [2.05, 4.69) is 0 Å². The first kappa shape index (κ1) is 12.5. The number of aliphatic carboxylic acids is 1. The summed E-state index contributed by atoms with van der Waals surface area (Å²) in [6.07, 6.45) is 3.27. The molecule has 0 radical (unpaired) electrons. The highest BCUT2D eigenvalue weighted by molar-refractivity contribution is 5.76. The molecular weight excluding hydrogens is 204 g/mol. The third-order valence-corrected chi connectivity index (χ3v) is 2.01. The largest absolute Gasteiger partial charge is 0.479 e. The molecule has 16 heavy (non-hydrogen) atoms. The molecule has 0 aliphatic rings. The minimum Gasteiger partial charge on any atom is -0.479 e. The van der Waals surface area contributed by atoms with Crippen LogP contribution in [0.2, 0.25) is 0 Å². The standard InChI is InChI=1S/C13H16O3/c1-2-10-16-12(13(14)15)9-8-11-6-4-3-5-7-11/h3-9,12H,2,10H2,1H3,(H,14,15)/b9-8+/t12-/m0/s1. The van der Waals surface area contributed by atoms with Gasteiger partial charge in [-0.1, -0.05) is 43.3 Å². The molecule has 3 heteroatoms. The maximum atomic E-state index is 10.9. The highest BCUT2D eigenvalue weighted by Crippen LogP contribution is 2.04. The van der Waals surface area contributed by atoms with Crippen molar-refractivity contribution < 1.29 is 14.6 Å². The maximum absolute atomic E-state index is 10.9. The summed E-state index contributed by atoms with van der Waals surface area (Å²) < 4.78 is 5.19. The van der Waals surface area contributed by atoms with Crippen molar-refractivity contribution in [3.05, 3.63) is 42.0 Å². The first-order chi connectivity index (χ1) is 7.74. The van der Waals surface area contributed by atoms with Crippen LogP contribution in [0.1, 0.15) is 18.9 Å². The minimum atomic E-state index is -0.958. The summed E-state index contributed by atoms with van der Waals surface area (Å²) in [7, 11) is 0. The lowest BCUT2D eigenvalue weighted by Crippen LogP contribution is -2.21. The van der Waals surface area contributed by atoms with Crippen molar-refractivity contribution in [1.82, 2.24) is 0 Å². The Morgan fingerprint density at radius 3 is 2.69 bits per heavy atom. The molecule has 0 saturated heterocycles. The molecule has 1 N–H and O–H groups in total. The normalized spacial score (nSPS) is 12.8. The second-order valence-electron chi connectivity index (χ2n) is 3.40. The van der Waals surface area contributed by atoms with E-state index in [0.29, 0.717) is 6.61 Å². The van der Waals surface area contributed by atoms with Gasteiger partial charge < -0.3 is 9.84 Å². The number of benzene rings is 1. The molecule has 1 aromatic rings. The van der Waals surface area contributed by atoms with Crippen LogP contribution in [-0.2, 0) is 9.53 Å². The lowest BCUT2D eigenvalue weighted by molar-refractivity contribution is -0.147. The van der Waals surface area contributed by atoms with E-state index < -0.39 is 12.1 Å². The van der Waals surface area contributed by atoms with Crippen LogP contribution < -0.4 is 0 Å². The first-order valence-corrected chi connectivity index (χ1v) is 5.31. The van der Waals surface area contributed by atoms with Gasteiger partial charge in [0, 0.05) is 6.61 Å². The van der Waals surface area contributed by atoms with Gasteiger partial charge in [0.2, 0.25) is 0 Å². The van der Waals surface area contributed by atoms with E-state index in [9.17, 15) is 4.79 Å². The average molecular weight is 220 g/mol. The third-order valence-electron chi connectivity index (χ3n) is 2.01. The van der Waals surface area contributed by atoms with Crippen LogP contribution in [-0.4, -0.2) is 23.8 Å². The SMILES string of the molecule is CCCO[C@@H](/C=C/c1ccccc1)C(=O)O. The molecule has 0 bridgehead atoms.